The predicted molar refractivity (Wildman–Crippen MR) is 43.3 cm³/mol. The van der Waals surface area contributed by atoms with Gasteiger partial charge in [0.05, 0.1) is 0 Å². The van der Waals surface area contributed by atoms with Crippen LogP contribution in [0.4, 0.5) is 0 Å². The van der Waals surface area contributed by atoms with Crippen molar-refractivity contribution in [3.8, 4) is 0 Å². The van der Waals surface area contributed by atoms with Gasteiger partial charge >= 0.3 is 59.1 Å². The third-order valence-corrected chi connectivity index (χ3v) is 1.95. The van der Waals surface area contributed by atoms with Crippen molar-refractivity contribution in [1.82, 2.24) is 0 Å². The molecule has 4 nitrogen and oxygen atoms in total. The molecule has 0 bridgehead atoms. The summed E-state index contributed by atoms with van der Waals surface area (Å²) in [5, 5.41) is 16.3. The molecule has 14 heavy (non-hydrogen) atoms. The van der Waals surface area contributed by atoms with Crippen molar-refractivity contribution < 1.29 is 81.8 Å². The molecule has 0 heterocycles. The Morgan fingerprint density at radius 2 is 1.07 bits per heavy atom. The summed E-state index contributed by atoms with van der Waals surface area (Å²) in [4.78, 5) is 21.6. The number of ketones is 2. The first-order chi connectivity index (χ1) is 5.46. The number of carbonyl (C=O) groups is 2. The molecule has 0 saturated carbocycles. The molecule has 0 aromatic heterocycles. The number of aliphatic hydroxyl groups is 2. The quantitative estimate of drug-likeness (QED) is 0.338. The summed E-state index contributed by atoms with van der Waals surface area (Å²) in [5.41, 5.74) is 0. The van der Waals surface area contributed by atoms with Crippen LogP contribution in [0.5, 0.6) is 0 Å². The summed E-state index contributed by atoms with van der Waals surface area (Å²) in [5.74, 6) is -3.99. The molecule has 0 atom stereocenters. The maximum absolute atomic E-state index is 10.8. The van der Waals surface area contributed by atoms with Crippen LogP contribution >= 0.6 is 23.2 Å². The van der Waals surface area contributed by atoms with Crippen LogP contribution in [0, 0.1) is 0 Å². The summed E-state index contributed by atoms with van der Waals surface area (Å²) in [6.45, 7) is 0. The molecule has 0 fully saturated rings. The molecule has 0 radical (unpaired) electrons. The molecule has 2 N–H and O–H groups in total. The standard InChI is InChI=1S/C6H2Cl2O4.2Na.2H/c7-1-3(9)5(11)2(8)6(12)4(1)10;;;;/h9,12H;;;;/q;2*+1;2*-1. The fourth-order valence-corrected chi connectivity index (χ4v) is 0.973. The van der Waals surface area contributed by atoms with Crippen LogP contribution in [0.1, 0.15) is 2.85 Å². The van der Waals surface area contributed by atoms with Crippen molar-refractivity contribution in [2.75, 3.05) is 0 Å². The van der Waals surface area contributed by atoms with Crippen molar-refractivity contribution >= 4 is 34.8 Å². The first-order valence-corrected chi connectivity index (χ1v) is 3.49. The molecule has 1 rings (SSSR count). The molecule has 0 amide bonds. The van der Waals surface area contributed by atoms with E-state index in [1.54, 1.807) is 0 Å². The molecular weight excluding hydrogens is 253 g/mol. The first-order valence-electron chi connectivity index (χ1n) is 2.73. The number of rotatable bonds is 0. The molecule has 0 aliphatic heterocycles. The largest absolute Gasteiger partial charge is 1.00 e. The average molecular weight is 257 g/mol. The zero-order valence-corrected chi connectivity index (χ0v) is 13.0. The van der Waals surface area contributed by atoms with Crippen LogP contribution < -0.4 is 59.1 Å². The Morgan fingerprint density at radius 1 is 0.857 bits per heavy atom. The van der Waals surface area contributed by atoms with E-state index in [0.717, 1.165) is 0 Å². The molecule has 0 spiro atoms. The van der Waals surface area contributed by atoms with Crippen molar-refractivity contribution in [2.45, 2.75) is 0 Å². The summed E-state index contributed by atoms with van der Waals surface area (Å²) in [6.07, 6.45) is 0. The van der Waals surface area contributed by atoms with Gasteiger partial charge in [0.2, 0.25) is 11.6 Å². The van der Waals surface area contributed by atoms with Crippen molar-refractivity contribution in [2.24, 2.45) is 0 Å². The van der Waals surface area contributed by atoms with Gasteiger partial charge in [-0.25, -0.2) is 0 Å². The second-order valence-electron chi connectivity index (χ2n) is 1.98. The molecular formula is C6H4Cl2Na2O4. The van der Waals surface area contributed by atoms with Gasteiger partial charge in [0.1, 0.15) is 10.1 Å². The van der Waals surface area contributed by atoms with Gasteiger partial charge in [0.25, 0.3) is 0 Å². The maximum Gasteiger partial charge on any atom is 1.00 e. The molecule has 1 aliphatic carbocycles. The molecule has 0 aromatic carbocycles. The van der Waals surface area contributed by atoms with Gasteiger partial charge in [-0.2, -0.15) is 0 Å². The van der Waals surface area contributed by atoms with Crippen LogP contribution in [0.25, 0.3) is 0 Å². The maximum atomic E-state index is 10.8. The Hall–Kier alpha value is 1.00. The van der Waals surface area contributed by atoms with E-state index >= 15 is 0 Å². The SMILES string of the molecule is O=C1C(O)=C(Cl)C(=O)C(O)=C1Cl.[H-].[H-].[Na+].[Na+]. The molecule has 0 aromatic rings. The van der Waals surface area contributed by atoms with Gasteiger partial charge in [-0.15, -0.1) is 0 Å². The van der Waals surface area contributed by atoms with Gasteiger partial charge in [0.15, 0.2) is 11.5 Å². The average Bonchev–Trinajstić information content (AvgIpc) is 2.08. The van der Waals surface area contributed by atoms with Gasteiger partial charge < -0.3 is 13.1 Å². The summed E-state index contributed by atoms with van der Waals surface area (Å²) < 4.78 is 0. The molecule has 0 unspecified atom stereocenters. The Labute approximate surface area is 136 Å². The minimum Gasteiger partial charge on any atom is -1.00 e. The number of allylic oxidation sites excluding steroid dienone is 2. The molecule has 8 heteroatoms. The third kappa shape index (κ3) is 3.00. The minimum absolute atomic E-state index is 0. The Kier molecular flexibility index (Phi) is 8.14. The van der Waals surface area contributed by atoms with E-state index in [2.05, 4.69) is 0 Å². The van der Waals surface area contributed by atoms with E-state index in [4.69, 9.17) is 33.4 Å². The number of Topliss-reactive ketones (excluding diaryl/α,β-unsaturated/α-hetero) is 2. The second kappa shape index (κ2) is 6.55. The van der Waals surface area contributed by atoms with E-state index in [-0.39, 0.29) is 62.0 Å². The van der Waals surface area contributed by atoms with Crippen LogP contribution in [-0.4, -0.2) is 21.8 Å². The van der Waals surface area contributed by atoms with Crippen molar-refractivity contribution in [3.05, 3.63) is 21.6 Å². The summed E-state index contributed by atoms with van der Waals surface area (Å²) in [7, 11) is 0. The topological polar surface area (TPSA) is 74.6 Å². The Balaban J connectivity index is -0.000000180. The van der Waals surface area contributed by atoms with Crippen molar-refractivity contribution in [1.29, 1.82) is 0 Å². The fraction of sp³-hybridized carbons (Fsp3) is 0. The fourth-order valence-electron chi connectivity index (χ4n) is 0.622. The van der Waals surface area contributed by atoms with Crippen LogP contribution in [0.15, 0.2) is 21.6 Å². The number of hydrogen-bond acceptors (Lipinski definition) is 4. The molecule has 0 saturated heterocycles. The molecule has 68 valence electrons. The monoisotopic (exact) mass is 256 g/mol. The third-order valence-electron chi connectivity index (χ3n) is 1.24. The predicted octanol–water partition coefficient (Wildman–Crippen LogP) is -4.61. The van der Waals surface area contributed by atoms with E-state index in [9.17, 15) is 9.59 Å². The smallest absolute Gasteiger partial charge is 1.00 e. The number of halogens is 2. The van der Waals surface area contributed by atoms with E-state index in [1.807, 2.05) is 0 Å². The molecule has 1 aliphatic rings. The number of carbonyl (C=O) groups excluding carboxylic acids is 2. The van der Waals surface area contributed by atoms with Crippen LogP contribution in [-0.2, 0) is 9.59 Å². The van der Waals surface area contributed by atoms with Crippen molar-refractivity contribution in [3.63, 3.8) is 0 Å². The summed E-state index contributed by atoms with van der Waals surface area (Å²) in [6, 6.07) is 0. The van der Waals surface area contributed by atoms with Crippen LogP contribution in [0.2, 0.25) is 0 Å². The second-order valence-corrected chi connectivity index (χ2v) is 2.74. The Bertz CT molecular complexity index is 294. The van der Waals surface area contributed by atoms with Gasteiger partial charge in [-0.3, -0.25) is 9.59 Å². The van der Waals surface area contributed by atoms with E-state index in [0.29, 0.717) is 0 Å². The van der Waals surface area contributed by atoms with E-state index in [1.165, 1.54) is 0 Å². The zero-order valence-electron chi connectivity index (χ0n) is 9.47. The van der Waals surface area contributed by atoms with E-state index < -0.39 is 33.1 Å². The Morgan fingerprint density at radius 3 is 1.29 bits per heavy atom. The normalized spacial score (nSPS) is 16.4. The van der Waals surface area contributed by atoms with Gasteiger partial charge in [-0.05, 0) is 0 Å². The van der Waals surface area contributed by atoms with Crippen LogP contribution in [0.3, 0.4) is 0 Å². The summed E-state index contributed by atoms with van der Waals surface area (Å²) >= 11 is 10.4. The zero-order chi connectivity index (χ0) is 9.46. The van der Waals surface area contributed by atoms with Gasteiger partial charge in [0, 0.05) is 0 Å². The minimum atomic E-state index is -1.06. The van der Waals surface area contributed by atoms with Gasteiger partial charge in [-0.1, -0.05) is 23.2 Å². The first kappa shape index (κ1) is 17.4. The number of hydrogen-bond donors (Lipinski definition) is 2. The number of aliphatic hydroxyl groups excluding tert-OH is 2.